The van der Waals surface area contributed by atoms with E-state index in [-0.39, 0.29) is 28.0 Å². The fourth-order valence-corrected chi connectivity index (χ4v) is 4.92. The van der Waals surface area contributed by atoms with Gasteiger partial charge in [0.25, 0.3) is 5.56 Å². The molecule has 0 fully saturated rings. The number of aliphatic carboxylic acids is 1. The van der Waals surface area contributed by atoms with Gasteiger partial charge in [0.1, 0.15) is 10.8 Å². The van der Waals surface area contributed by atoms with Crippen LogP contribution in [0.5, 0.6) is 17.2 Å². The molecule has 0 amide bonds. The molecule has 0 saturated carbocycles. The summed E-state index contributed by atoms with van der Waals surface area (Å²) in [5.74, 6) is 0.373. The van der Waals surface area contributed by atoms with Crippen molar-refractivity contribution >= 4 is 50.6 Å². The molecule has 1 aromatic heterocycles. The number of carboxylic acids is 1. The van der Waals surface area contributed by atoms with E-state index in [2.05, 4.69) is 34.9 Å². The first-order valence-electron chi connectivity index (χ1n) is 12.7. The highest BCUT2D eigenvalue weighted by molar-refractivity contribution is 9.10. The van der Waals surface area contributed by atoms with Gasteiger partial charge in [-0.3, -0.25) is 4.79 Å². The Morgan fingerprint density at radius 2 is 1.80 bits per heavy atom. The maximum absolute atomic E-state index is 13.8. The molecule has 11 heteroatoms. The second-order valence-corrected chi connectivity index (χ2v) is 10.8. The number of para-hydroxylation sites is 1. The zero-order chi connectivity index (χ0) is 30.0. The number of fused-ring (bicyclic) bond motifs is 1. The van der Waals surface area contributed by atoms with E-state index in [1.54, 1.807) is 31.4 Å². The minimum atomic E-state index is -1.17. The van der Waals surface area contributed by atoms with Crippen LogP contribution in [-0.4, -0.2) is 47.3 Å². The van der Waals surface area contributed by atoms with Crippen molar-refractivity contribution in [1.82, 2.24) is 9.66 Å². The topological polar surface area (TPSA) is 112 Å². The molecule has 1 atom stereocenters. The lowest BCUT2D eigenvalue weighted by Gasteiger charge is -2.18. The molecular formula is C30H29BrClN3O6. The quantitative estimate of drug-likeness (QED) is 0.203. The average molecular weight is 643 g/mol. The molecule has 41 heavy (non-hydrogen) atoms. The number of aryl methyl sites for hydroxylation is 1. The summed E-state index contributed by atoms with van der Waals surface area (Å²) in [5, 5.41) is 14.3. The second-order valence-electron chi connectivity index (χ2n) is 9.60. The van der Waals surface area contributed by atoms with E-state index >= 15 is 0 Å². The maximum Gasteiger partial charge on any atom is 0.344 e. The van der Waals surface area contributed by atoms with E-state index in [0.717, 1.165) is 22.4 Å². The SMILES string of the molecule is COc1cc(C)c(-c2nc3ccccc3c(=O)n2N=Cc2cc(OC)c(O[C@H](C)C(=O)O)c(Cl)c2Br)cc1C(C)C. The molecule has 0 radical (unpaired) electrons. The summed E-state index contributed by atoms with van der Waals surface area (Å²) in [7, 11) is 3.04. The zero-order valence-corrected chi connectivity index (χ0v) is 25.7. The molecule has 9 nitrogen and oxygen atoms in total. The van der Waals surface area contributed by atoms with Crippen LogP contribution in [-0.2, 0) is 4.79 Å². The van der Waals surface area contributed by atoms with Gasteiger partial charge in [0.15, 0.2) is 23.4 Å². The van der Waals surface area contributed by atoms with Crippen molar-refractivity contribution in [3.8, 4) is 28.6 Å². The van der Waals surface area contributed by atoms with Crippen molar-refractivity contribution in [2.45, 2.75) is 39.7 Å². The molecule has 214 valence electrons. The third-order valence-electron chi connectivity index (χ3n) is 6.52. The van der Waals surface area contributed by atoms with Crippen LogP contribution in [0.15, 0.2) is 56.8 Å². The maximum atomic E-state index is 13.8. The number of benzene rings is 3. The van der Waals surface area contributed by atoms with Gasteiger partial charge in [-0.15, -0.1) is 0 Å². The van der Waals surface area contributed by atoms with Crippen molar-refractivity contribution < 1.29 is 24.1 Å². The predicted molar refractivity (Wildman–Crippen MR) is 163 cm³/mol. The van der Waals surface area contributed by atoms with E-state index in [1.807, 2.05) is 25.1 Å². The molecule has 0 aliphatic heterocycles. The highest BCUT2D eigenvalue weighted by atomic mass is 79.9. The number of nitrogens with zero attached hydrogens (tertiary/aromatic N) is 3. The molecule has 3 aromatic carbocycles. The summed E-state index contributed by atoms with van der Waals surface area (Å²) in [6.07, 6.45) is 0.285. The van der Waals surface area contributed by atoms with Crippen LogP contribution in [0.4, 0.5) is 0 Å². The molecule has 4 rings (SSSR count). The Labute approximate surface area is 250 Å². The number of methoxy groups -OCH3 is 2. The number of carboxylic acid groups (broad SMARTS) is 1. The highest BCUT2D eigenvalue weighted by Crippen LogP contribution is 2.42. The van der Waals surface area contributed by atoms with Gasteiger partial charge in [0.2, 0.25) is 0 Å². The van der Waals surface area contributed by atoms with Gasteiger partial charge < -0.3 is 19.3 Å². The van der Waals surface area contributed by atoms with Crippen LogP contribution < -0.4 is 19.8 Å². The van der Waals surface area contributed by atoms with E-state index in [4.69, 9.17) is 30.8 Å². The molecule has 0 aliphatic rings. The minimum absolute atomic E-state index is 0.0633. The predicted octanol–water partition coefficient (Wildman–Crippen LogP) is 6.66. The third kappa shape index (κ3) is 5.94. The number of halogens is 2. The minimum Gasteiger partial charge on any atom is -0.496 e. The molecule has 4 aromatic rings. The average Bonchev–Trinajstić information content (AvgIpc) is 2.95. The van der Waals surface area contributed by atoms with Gasteiger partial charge in [-0.1, -0.05) is 37.6 Å². The summed E-state index contributed by atoms with van der Waals surface area (Å²) in [4.78, 5) is 29.9. The Kier molecular flexibility index (Phi) is 9.04. The monoisotopic (exact) mass is 641 g/mol. The van der Waals surface area contributed by atoms with Crippen LogP contribution in [0.1, 0.15) is 43.4 Å². The molecule has 0 bridgehead atoms. The molecule has 0 aliphatic carbocycles. The van der Waals surface area contributed by atoms with Crippen molar-refractivity contribution in [2.75, 3.05) is 14.2 Å². The number of aromatic nitrogens is 2. The zero-order valence-electron chi connectivity index (χ0n) is 23.4. The van der Waals surface area contributed by atoms with Crippen molar-refractivity contribution in [1.29, 1.82) is 0 Å². The lowest BCUT2D eigenvalue weighted by atomic mass is 9.96. The summed E-state index contributed by atoms with van der Waals surface area (Å²) in [5.41, 5.74) is 3.21. The van der Waals surface area contributed by atoms with Gasteiger partial charge in [0, 0.05) is 15.6 Å². The fraction of sp³-hybridized carbons (Fsp3) is 0.267. The van der Waals surface area contributed by atoms with Gasteiger partial charge in [-0.05, 0) is 77.2 Å². The van der Waals surface area contributed by atoms with E-state index in [1.165, 1.54) is 24.9 Å². The van der Waals surface area contributed by atoms with Crippen molar-refractivity contribution in [2.24, 2.45) is 5.10 Å². The van der Waals surface area contributed by atoms with Crippen LogP contribution in [0.3, 0.4) is 0 Å². The van der Waals surface area contributed by atoms with Crippen LogP contribution in [0.2, 0.25) is 5.02 Å². The number of hydrogen-bond donors (Lipinski definition) is 1. The molecule has 0 saturated heterocycles. The Hall–Kier alpha value is -3.89. The number of rotatable bonds is 9. The standard InChI is InChI=1S/C30H29BrClN3O6/c1-15(2)20-13-21(16(3)11-23(20)39-5)28-34-22-10-8-7-9-19(22)29(36)35(28)33-14-18-12-24(40-6)27(26(32)25(18)31)41-17(4)30(37)38/h7-15,17H,1-6H3,(H,37,38)/t17-/m1/s1. The fourth-order valence-electron chi connectivity index (χ4n) is 4.28. The van der Waals surface area contributed by atoms with E-state index in [0.29, 0.717) is 26.8 Å². The first-order chi connectivity index (χ1) is 19.5. The van der Waals surface area contributed by atoms with Crippen LogP contribution in [0, 0.1) is 6.92 Å². The Morgan fingerprint density at radius 3 is 2.44 bits per heavy atom. The molecule has 0 unspecified atom stereocenters. The number of hydrogen-bond acceptors (Lipinski definition) is 7. The summed E-state index contributed by atoms with van der Waals surface area (Å²) in [6.45, 7) is 7.44. The van der Waals surface area contributed by atoms with Crippen molar-refractivity contribution in [3.63, 3.8) is 0 Å². The second kappa shape index (κ2) is 12.3. The molecule has 1 heterocycles. The van der Waals surface area contributed by atoms with E-state index < -0.39 is 12.1 Å². The number of ether oxygens (including phenoxy) is 3. The lowest BCUT2D eigenvalue weighted by Crippen LogP contribution is -2.23. The normalized spacial score (nSPS) is 12.2. The first-order valence-corrected chi connectivity index (χ1v) is 13.9. The summed E-state index contributed by atoms with van der Waals surface area (Å²) in [6, 6.07) is 12.6. The van der Waals surface area contributed by atoms with Gasteiger partial charge in [-0.25, -0.2) is 9.78 Å². The molecular weight excluding hydrogens is 614 g/mol. The summed E-state index contributed by atoms with van der Waals surface area (Å²) < 4.78 is 18.2. The van der Waals surface area contributed by atoms with Crippen molar-refractivity contribution in [3.05, 3.63) is 79.0 Å². The molecule has 1 N–H and O–H groups in total. The highest BCUT2D eigenvalue weighted by Gasteiger charge is 2.23. The van der Waals surface area contributed by atoms with Crippen LogP contribution in [0.25, 0.3) is 22.3 Å². The van der Waals surface area contributed by atoms with E-state index in [9.17, 15) is 14.7 Å². The Morgan fingerprint density at radius 1 is 1.12 bits per heavy atom. The van der Waals surface area contributed by atoms with Gasteiger partial charge in [-0.2, -0.15) is 9.78 Å². The Bertz CT molecular complexity index is 1730. The first kappa shape index (κ1) is 30.1. The third-order valence-corrected chi connectivity index (χ3v) is 7.97. The van der Waals surface area contributed by atoms with Gasteiger partial charge >= 0.3 is 5.97 Å². The smallest absolute Gasteiger partial charge is 0.344 e. The molecule has 0 spiro atoms. The van der Waals surface area contributed by atoms with Gasteiger partial charge in [0.05, 0.1) is 31.3 Å². The number of carbonyl (C=O) groups is 1. The lowest BCUT2D eigenvalue weighted by molar-refractivity contribution is -0.144. The largest absolute Gasteiger partial charge is 0.496 e. The Balaban J connectivity index is 1.94. The van der Waals surface area contributed by atoms with Crippen LogP contribution >= 0.6 is 27.5 Å². The summed E-state index contributed by atoms with van der Waals surface area (Å²) >= 11 is 9.99.